The van der Waals surface area contributed by atoms with Gasteiger partial charge in [-0.25, -0.2) is 4.57 Å². The van der Waals surface area contributed by atoms with E-state index in [0.29, 0.717) is 0 Å². The predicted octanol–water partition coefficient (Wildman–Crippen LogP) is 2.22. The van der Waals surface area contributed by atoms with Crippen LogP contribution in [-0.4, -0.2) is 43.2 Å². The minimum Gasteiger partial charge on any atom is -0.386 e. The first-order valence-electron chi connectivity index (χ1n) is 8.05. The lowest BCUT2D eigenvalue weighted by atomic mass is 10.2. The van der Waals surface area contributed by atoms with Gasteiger partial charge < -0.3 is 15.2 Å². The first-order chi connectivity index (χ1) is 11.9. The highest BCUT2D eigenvalue weighted by Gasteiger charge is 2.34. The highest BCUT2D eigenvalue weighted by molar-refractivity contribution is 7.48. The smallest absolute Gasteiger partial charge is 0.386 e. The number of aliphatic hydroxyl groups is 1. The number of hydrogen-bond donors (Lipinski definition) is 2. The highest BCUT2D eigenvalue weighted by atomic mass is 31.2. The summed E-state index contributed by atoms with van der Waals surface area (Å²) in [5, 5.41) is 12.7. The van der Waals surface area contributed by atoms with Crippen molar-refractivity contribution in [3.05, 3.63) is 35.9 Å². The van der Waals surface area contributed by atoms with E-state index in [9.17, 15) is 14.5 Å². The second-order valence-electron chi connectivity index (χ2n) is 5.06. The fourth-order valence-corrected chi connectivity index (χ4v) is 3.14. The van der Waals surface area contributed by atoms with Crippen molar-refractivity contribution in [1.82, 2.24) is 5.32 Å². The van der Waals surface area contributed by atoms with Crippen molar-refractivity contribution in [1.29, 1.82) is 0 Å². The van der Waals surface area contributed by atoms with Crippen molar-refractivity contribution in [2.45, 2.75) is 39.8 Å². The second kappa shape index (κ2) is 11.4. The number of nitrogens with one attached hydrogen (secondary N) is 1. The van der Waals surface area contributed by atoms with Crippen LogP contribution >= 0.6 is 7.82 Å². The third-order valence-electron chi connectivity index (χ3n) is 2.94. The van der Waals surface area contributed by atoms with Crippen LogP contribution in [0.1, 0.15) is 26.3 Å². The monoisotopic (exact) mass is 375 g/mol. The van der Waals surface area contributed by atoms with Crippen molar-refractivity contribution < 1.29 is 32.8 Å². The molecule has 1 rings (SSSR count). The standard InChI is InChI=1S/C16H26NO7P/c1-4-22-25(20,23-5-2)24-16(15(19)11-17-13(3)18)21-12-14-9-7-6-8-10-14/h6-10,15-16,19H,4-5,11-12H2,1-3H3,(H,17,18)/t15-,16+/m1/s1. The summed E-state index contributed by atoms with van der Waals surface area (Å²) >= 11 is 0. The Morgan fingerprint density at radius 3 is 2.32 bits per heavy atom. The van der Waals surface area contributed by atoms with Crippen molar-refractivity contribution in [2.24, 2.45) is 0 Å². The number of amides is 1. The zero-order valence-corrected chi connectivity index (χ0v) is 15.6. The Bertz CT molecular complexity index is 545. The highest BCUT2D eigenvalue weighted by Crippen LogP contribution is 2.50. The average molecular weight is 375 g/mol. The number of ether oxygens (including phenoxy) is 1. The van der Waals surface area contributed by atoms with Gasteiger partial charge in [-0.15, -0.1) is 0 Å². The van der Waals surface area contributed by atoms with Crippen LogP contribution in [0.25, 0.3) is 0 Å². The average Bonchev–Trinajstić information content (AvgIpc) is 2.57. The number of hydrogen-bond acceptors (Lipinski definition) is 7. The van der Waals surface area contributed by atoms with E-state index in [-0.39, 0.29) is 32.3 Å². The molecule has 0 aliphatic carbocycles. The quantitative estimate of drug-likeness (QED) is 0.426. The van der Waals surface area contributed by atoms with Gasteiger partial charge >= 0.3 is 7.82 Å². The molecular weight excluding hydrogens is 349 g/mol. The van der Waals surface area contributed by atoms with Crippen molar-refractivity contribution in [2.75, 3.05) is 19.8 Å². The van der Waals surface area contributed by atoms with Crippen LogP contribution < -0.4 is 5.32 Å². The third kappa shape index (κ3) is 8.58. The van der Waals surface area contributed by atoms with Crippen molar-refractivity contribution in [3.8, 4) is 0 Å². The molecule has 2 N–H and O–H groups in total. The molecule has 0 aliphatic heterocycles. The summed E-state index contributed by atoms with van der Waals surface area (Å²) in [6.45, 7) is 4.78. The van der Waals surface area contributed by atoms with Gasteiger partial charge in [-0.2, -0.15) is 0 Å². The fourth-order valence-electron chi connectivity index (χ4n) is 1.85. The molecule has 0 aliphatic rings. The van der Waals surface area contributed by atoms with E-state index in [0.717, 1.165) is 5.56 Å². The van der Waals surface area contributed by atoms with E-state index in [2.05, 4.69) is 5.32 Å². The number of phosphoric acid groups is 1. The molecule has 8 nitrogen and oxygen atoms in total. The maximum atomic E-state index is 12.5. The summed E-state index contributed by atoms with van der Waals surface area (Å²) in [4.78, 5) is 11.0. The zero-order valence-electron chi connectivity index (χ0n) is 14.7. The molecule has 0 radical (unpaired) electrons. The summed E-state index contributed by atoms with van der Waals surface area (Å²) < 4.78 is 33.5. The Labute approximate surface area is 148 Å². The first-order valence-corrected chi connectivity index (χ1v) is 9.51. The molecule has 0 spiro atoms. The number of phosphoric ester groups is 1. The van der Waals surface area contributed by atoms with E-state index in [4.69, 9.17) is 18.3 Å². The van der Waals surface area contributed by atoms with E-state index in [1.54, 1.807) is 13.8 Å². The van der Waals surface area contributed by atoms with Crippen molar-refractivity contribution >= 4 is 13.7 Å². The van der Waals surface area contributed by atoms with Crippen LogP contribution in [0.5, 0.6) is 0 Å². The van der Waals surface area contributed by atoms with E-state index >= 15 is 0 Å². The SMILES string of the molecule is CCOP(=O)(OCC)O[C@H](OCc1ccccc1)[C@H](O)CNC(C)=O. The van der Waals surface area contributed by atoms with E-state index in [1.165, 1.54) is 6.92 Å². The Morgan fingerprint density at radius 2 is 1.80 bits per heavy atom. The number of rotatable bonds is 12. The number of aliphatic hydroxyl groups excluding tert-OH is 1. The minimum atomic E-state index is -3.90. The maximum Gasteiger partial charge on any atom is 0.477 e. The number of carbonyl (C=O) groups excluding carboxylic acids is 1. The molecule has 25 heavy (non-hydrogen) atoms. The van der Waals surface area contributed by atoms with E-state index < -0.39 is 20.2 Å². The topological polar surface area (TPSA) is 103 Å². The summed E-state index contributed by atoms with van der Waals surface area (Å²) in [6, 6.07) is 9.21. The molecule has 0 fully saturated rings. The van der Waals surface area contributed by atoms with Gasteiger partial charge in [0.05, 0.1) is 19.8 Å². The van der Waals surface area contributed by atoms with Gasteiger partial charge in [0, 0.05) is 13.5 Å². The largest absolute Gasteiger partial charge is 0.477 e. The Morgan fingerprint density at radius 1 is 1.20 bits per heavy atom. The normalized spacial score (nSPS) is 14.1. The van der Waals surface area contributed by atoms with Gasteiger partial charge in [0.25, 0.3) is 0 Å². The minimum absolute atomic E-state index is 0.102. The van der Waals surface area contributed by atoms with Crippen LogP contribution in [0.4, 0.5) is 0 Å². The van der Waals surface area contributed by atoms with Crippen LogP contribution in [0.2, 0.25) is 0 Å². The molecular formula is C16H26NO7P. The molecule has 1 aromatic rings. The zero-order chi connectivity index (χ0) is 18.7. The molecule has 0 unspecified atom stereocenters. The molecule has 0 saturated heterocycles. The Balaban J connectivity index is 2.81. The van der Waals surface area contributed by atoms with Crippen LogP contribution in [0.15, 0.2) is 30.3 Å². The van der Waals surface area contributed by atoms with Gasteiger partial charge in [0.15, 0.2) is 6.29 Å². The first kappa shape index (κ1) is 21.8. The Hall–Kier alpha value is -1.28. The lowest BCUT2D eigenvalue weighted by Gasteiger charge is -2.27. The maximum absolute atomic E-state index is 12.5. The third-order valence-corrected chi connectivity index (χ3v) is 4.55. The van der Waals surface area contributed by atoms with Crippen LogP contribution in [0, 0.1) is 0 Å². The van der Waals surface area contributed by atoms with E-state index in [1.807, 2.05) is 30.3 Å². The molecule has 0 saturated carbocycles. The van der Waals surface area contributed by atoms with Crippen LogP contribution in [-0.2, 0) is 34.3 Å². The molecule has 2 atom stereocenters. The van der Waals surface area contributed by atoms with Gasteiger partial charge in [-0.3, -0.25) is 18.4 Å². The second-order valence-corrected chi connectivity index (χ2v) is 6.68. The molecule has 0 bridgehead atoms. The molecule has 142 valence electrons. The molecule has 1 aromatic carbocycles. The van der Waals surface area contributed by atoms with Crippen molar-refractivity contribution in [3.63, 3.8) is 0 Å². The predicted molar refractivity (Wildman–Crippen MR) is 91.7 cm³/mol. The molecule has 1 amide bonds. The lowest BCUT2D eigenvalue weighted by molar-refractivity contribution is -0.162. The Kier molecular flexibility index (Phi) is 9.89. The van der Waals surface area contributed by atoms with Gasteiger partial charge in [0.1, 0.15) is 6.10 Å². The van der Waals surface area contributed by atoms with Gasteiger partial charge in [-0.05, 0) is 19.4 Å². The lowest BCUT2D eigenvalue weighted by Crippen LogP contribution is -2.40. The van der Waals surface area contributed by atoms with Gasteiger partial charge in [-0.1, -0.05) is 30.3 Å². The number of carbonyl (C=O) groups is 1. The van der Waals surface area contributed by atoms with Gasteiger partial charge in [0.2, 0.25) is 5.91 Å². The molecule has 0 aromatic heterocycles. The molecule has 9 heteroatoms. The molecule has 0 heterocycles. The summed E-state index contributed by atoms with van der Waals surface area (Å²) in [7, 11) is -3.90. The fraction of sp³-hybridized carbons (Fsp3) is 0.562. The van der Waals surface area contributed by atoms with Crippen LogP contribution in [0.3, 0.4) is 0 Å². The summed E-state index contributed by atoms with van der Waals surface area (Å²) in [5.41, 5.74) is 0.838. The summed E-state index contributed by atoms with van der Waals surface area (Å²) in [6.07, 6.45) is -2.57. The summed E-state index contributed by atoms with van der Waals surface area (Å²) in [5.74, 6) is -0.321. The number of benzene rings is 1.